The molecule has 1 aromatic carbocycles. The molecule has 0 radical (unpaired) electrons. The number of carbonyl (C=O) groups is 1. The zero-order valence-corrected chi connectivity index (χ0v) is 12.7. The summed E-state index contributed by atoms with van der Waals surface area (Å²) in [4.78, 5) is 11.6. The molecule has 1 amide bonds. The maximum atomic E-state index is 11.6. The Labute approximate surface area is 127 Å². The van der Waals surface area contributed by atoms with Crippen LogP contribution >= 0.6 is 15.9 Å². The van der Waals surface area contributed by atoms with Crippen LogP contribution in [0.4, 0.5) is 0 Å². The van der Waals surface area contributed by atoms with Gasteiger partial charge in [-0.3, -0.25) is 4.79 Å². The Bertz CT molecular complexity index is 514. The zero-order valence-electron chi connectivity index (χ0n) is 11.1. The van der Waals surface area contributed by atoms with Gasteiger partial charge in [0.1, 0.15) is 5.75 Å². The lowest BCUT2D eigenvalue weighted by Gasteiger charge is -2.11. The van der Waals surface area contributed by atoms with Crippen molar-refractivity contribution < 1.29 is 9.53 Å². The highest BCUT2D eigenvalue weighted by molar-refractivity contribution is 9.10. The van der Waals surface area contributed by atoms with Gasteiger partial charge in [-0.2, -0.15) is 5.10 Å². The van der Waals surface area contributed by atoms with Crippen molar-refractivity contribution in [1.29, 1.82) is 0 Å². The Morgan fingerprint density at radius 3 is 3.15 bits per heavy atom. The third kappa shape index (κ3) is 5.17. The van der Waals surface area contributed by atoms with E-state index in [1.54, 1.807) is 12.3 Å². The first-order valence-corrected chi connectivity index (χ1v) is 7.39. The van der Waals surface area contributed by atoms with Crippen molar-refractivity contribution in [2.75, 3.05) is 6.61 Å². The molecule has 0 spiro atoms. The van der Waals surface area contributed by atoms with Gasteiger partial charge in [-0.15, -0.1) is 0 Å². The van der Waals surface area contributed by atoms with Crippen LogP contribution in [0, 0.1) is 5.92 Å². The van der Waals surface area contributed by atoms with E-state index in [9.17, 15) is 4.79 Å². The van der Waals surface area contributed by atoms with Crippen LogP contribution in [0.5, 0.6) is 5.75 Å². The summed E-state index contributed by atoms with van der Waals surface area (Å²) in [6.07, 6.45) is 9.29. The second-order valence-corrected chi connectivity index (χ2v) is 5.52. The van der Waals surface area contributed by atoms with Crippen LogP contribution in [0.15, 0.2) is 46.0 Å². The van der Waals surface area contributed by atoms with Gasteiger partial charge in [0, 0.05) is 10.7 Å². The lowest BCUT2D eigenvalue weighted by atomic mass is 9.96. The van der Waals surface area contributed by atoms with Gasteiger partial charge < -0.3 is 4.74 Å². The van der Waals surface area contributed by atoms with Crippen molar-refractivity contribution in [3.05, 3.63) is 40.9 Å². The van der Waals surface area contributed by atoms with Crippen molar-refractivity contribution in [3.63, 3.8) is 0 Å². The van der Waals surface area contributed by atoms with E-state index in [0.29, 0.717) is 11.7 Å². The van der Waals surface area contributed by atoms with E-state index >= 15 is 0 Å². The number of hydrazone groups is 1. The van der Waals surface area contributed by atoms with Gasteiger partial charge in [-0.1, -0.05) is 34.1 Å². The molecule has 1 aromatic rings. The first kappa shape index (κ1) is 14.8. The number of hydrogen-bond acceptors (Lipinski definition) is 3. The van der Waals surface area contributed by atoms with Gasteiger partial charge in [0.25, 0.3) is 5.91 Å². The van der Waals surface area contributed by atoms with E-state index in [2.05, 4.69) is 38.6 Å². The molecule has 106 valence electrons. The zero-order chi connectivity index (χ0) is 14.2. The van der Waals surface area contributed by atoms with Crippen molar-refractivity contribution in [2.24, 2.45) is 11.0 Å². The lowest BCUT2D eigenvalue weighted by Crippen LogP contribution is -2.25. The molecule has 1 aliphatic carbocycles. The van der Waals surface area contributed by atoms with Crippen molar-refractivity contribution >= 4 is 28.1 Å². The fourth-order valence-electron chi connectivity index (χ4n) is 1.91. The van der Waals surface area contributed by atoms with Gasteiger partial charge >= 0.3 is 0 Å². The lowest BCUT2D eigenvalue weighted by molar-refractivity contribution is -0.123. The largest absolute Gasteiger partial charge is 0.484 e. The first-order valence-electron chi connectivity index (χ1n) is 6.59. The summed E-state index contributed by atoms with van der Waals surface area (Å²) >= 11 is 3.35. The minimum absolute atomic E-state index is 0.0433. The number of halogens is 1. The molecule has 4 nitrogen and oxygen atoms in total. The highest BCUT2D eigenvalue weighted by Gasteiger charge is 2.07. The van der Waals surface area contributed by atoms with Gasteiger partial charge in [-0.25, -0.2) is 5.43 Å². The van der Waals surface area contributed by atoms with Crippen LogP contribution in [0.25, 0.3) is 0 Å². The van der Waals surface area contributed by atoms with E-state index in [1.165, 1.54) is 0 Å². The van der Waals surface area contributed by atoms with Crippen LogP contribution < -0.4 is 10.2 Å². The van der Waals surface area contributed by atoms with Crippen molar-refractivity contribution in [1.82, 2.24) is 5.43 Å². The van der Waals surface area contributed by atoms with Crippen LogP contribution in [0.1, 0.15) is 19.3 Å². The number of nitrogens with zero attached hydrogens (tertiary/aromatic N) is 1. The molecule has 0 heterocycles. The van der Waals surface area contributed by atoms with E-state index in [0.717, 1.165) is 23.7 Å². The molecule has 20 heavy (non-hydrogen) atoms. The Morgan fingerprint density at radius 1 is 1.50 bits per heavy atom. The quantitative estimate of drug-likeness (QED) is 0.509. The van der Waals surface area contributed by atoms with E-state index in [1.807, 2.05) is 18.2 Å². The summed E-state index contributed by atoms with van der Waals surface area (Å²) in [7, 11) is 0. The maximum absolute atomic E-state index is 11.6. The van der Waals surface area contributed by atoms with E-state index in [4.69, 9.17) is 4.74 Å². The number of carbonyl (C=O) groups excluding carboxylic acids is 1. The van der Waals surface area contributed by atoms with Gasteiger partial charge in [0.2, 0.25) is 0 Å². The molecule has 0 saturated carbocycles. The Hall–Kier alpha value is -1.62. The highest BCUT2D eigenvalue weighted by Crippen LogP contribution is 2.17. The first-order chi connectivity index (χ1) is 9.74. The van der Waals surface area contributed by atoms with Crippen molar-refractivity contribution in [3.8, 4) is 5.75 Å². The summed E-state index contributed by atoms with van der Waals surface area (Å²) in [5.41, 5.74) is 2.48. The summed E-state index contributed by atoms with van der Waals surface area (Å²) in [6, 6.07) is 7.36. The van der Waals surface area contributed by atoms with Crippen LogP contribution in [0.3, 0.4) is 0 Å². The van der Waals surface area contributed by atoms with Crippen LogP contribution in [-0.4, -0.2) is 18.7 Å². The second kappa shape index (κ2) is 7.85. The second-order valence-electron chi connectivity index (χ2n) is 4.60. The third-order valence-electron chi connectivity index (χ3n) is 2.95. The van der Waals surface area contributed by atoms with E-state index in [-0.39, 0.29) is 12.5 Å². The standard InChI is InChI=1S/C15H17BrN2O2/c16-13-7-4-8-14(9-13)20-11-15(19)18-17-10-12-5-2-1-3-6-12/h1-2,4,7-10,12H,3,5-6,11H2,(H,18,19)/b17-10-/t12-/m1/s1. The third-order valence-corrected chi connectivity index (χ3v) is 3.44. The average molecular weight is 337 g/mol. The highest BCUT2D eigenvalue weighted by atomic mass is 79.9. The molecule has 0 aliphatic heterocycles. The maximum Gasteiger partial charge on any atom is 0.277 e. The molecule has 0 bridgehead atoms. The molecule has 5 heteroatoms. The summed E-state index contributed by atoms with van der Waals surface area (Å²) < 4.78 is 6.28. The molecular formula is C15H17BrN2O2. The number of hydrogen-bond donors (Lipinski definition) is 1. The molecule has 2 rings (SSSR count). The SMILES string of the molecule is O=C(COc1cccc(Br)c1)N/N=C\[C@@H]1CC=CCC1. The minimum atomic E-state index is -0.257. The van der Waals surface area contributed by atoms with Crippen LogP contribution in [-0.2, 0) is 4.79 Å². The molecule has 0 fully saturated rings. The van der Waals surface area contributed by atoms with Crippen LogP contribution in [0.2, 0.25) is 0 Å². The molecule has 0 unspecified atom stereocenters. The Balaban J connectivity index is 1.70. The normalized spacial score (nSPS) is 18.1. The minimum Gasteiger partial charge on any atom is -0.484 e. The topological polar surface area (TPSA) is 50.7 Å². The predicted octanol–water partition coefficient (Wildman–Crippen LogP) is 3.29. The Kier molecular flexibility index (Phi) is 5.80. The smallest absolute Gasteiger partial charge is 0.277 e. The summed E-state index contributed by atoms with van der Waals surface area (Å²) in [5, 5.41) is 3.98. The number of rotatable bonds is 5. The van der Waals surface area contributed by atoms with Gasteiger partial charge in [0.05, 0.1) is 0 Å². The monoisotopic (exact) mass is 336 g/mol. The predicted molar refractivity (Wildman–Crippen MR) is 82.8 cm³/mol. The van der Waals surface area contributed by atoms with Crippen molar-refractivity contribution in [2.45, 2.75) is 19.3 Å². The van der Waals surface area contributed by atoms with Gasteiger partial charge in [0.15, 0.2) is 6.61 Å². The fraction of sp³-hybridized carbons (Fsp3) is 0.333. The number of benzene rings is 1. The number of allylic oxidation sites excluding steroid dienone is 2. The Morgan fingerprint density at radius 2 is 2.40 bits per heavy atom. The molecule has 0 saturated heterocycles. The number of nitrogens with one attached hydrogen (secondary N) is 1. The molecule has 1 N–H and O–H groups in total. The number of amides is 1. The average Bonchev–Trinajstić information content (AvgIpc) is 2.46. The summed E-state index contributed by atoms with van der Waals surface area (Å²) in [6.45, 7) is -0.0433. The molecule has 0 aromatic heterocycles. The van der Waals surface area contributed by atoms with E-state index < -0.39 is 0 Å². The summed E-state index contributed by atoms with van der Waals surface area (Å²) in [5.74, 6) is 0.815. The van der Waals surface area contributed by atoms with Gasteiger partial charge in [-0.05, 0) is 43.4 Å². The molecular weight excluding hydrogens is 320 g/mol. The fourth-order valence-corrected chi connectivity index (χ4v) is 2.28. The molecule has 1 aliphatic rings. The molecule has 1 atom stereocenters. The number of ether oxygens (including phenoxy) is 1.